The third kappa shape index (κ3) is 3.20. The highest BCUT2D eigenvalue weighted by atomic mass is 16.5. The van der Waals surface area contributed by atoms with E-state index in [0.717, 1.165) is 24.2 Å². The Morgan fingerprint density at radius 3 is 2.94 bits per heavy atom. The first-order valence-electron chi connectivity index (χ1n) is 6.18. The molecule has 1 aliphatic rings. The SMILES string of the molecule is CN(C)c1ccc(CNC(=O)C2CCCO2)cn1. The summed E-state index contributed by atoms with van der Waals surface area (Å²) in [7, 11) is 3.89. The average molecular weight is 249 g/mol. The van der Waals surface area contributed by atoms with E-state index in [0.29, 0.717) is 13.2 Å². The summed E-state index contributed by atoms with van der Waals surface area (Å²) in [6, 6.07) is 3.91. The Bertz CT molecular complexity index is 397. The number of nitrogens with zero attached hydrogens (tertiary/aromatic N) is 2. The van der Waals surface area contributed by atoms with Crippen molar-refractivity contribution in [2.75, 3.05) is 25.6 Å². The van der Waals surface area contributed by atoms with Gasteiger partial charge in [-0.2, -0.15) is 0 Å². The second-order valence-electron chi connectivity index (χ2n) is 4.64. The molecule has 0 aliphatic carbocycles. The Morgan fingerprint density at radius 1 is 1.56 bits per heavy atom. The van der Waals surface area contributed by atoms with E-state index in [1.165, 1.54) is 0 Å². The van der Waals surface area contributed by atoms with Crippen molar-refractivity contribution in [2.24, 2.45) is 0 Å². The molecule has 1 fully saturated rings. The molecule has 1 aliphatic heterocycles. The maximum Gasteiger partial charge on any atom is 0.249 e. The summed E-state index contributed by atoms with van der Waals surface area (Å²) in [6.45, 7) is 1.19. The molecule has 5 heteroatoms. The van der Waals surface area contributed by atoms with E-state index in [1.54, 1.807) is 6.20 Å². The summed E-state index contributed by atoms with van der Waals surface area (Å²) >= 11 is 0. The largest absolute Gasteiger partial charge is 0.368 e. The van der Waals surface area contributed by atoms with Crippen LogP contribution in [0.1, 0.15) is 18.4 Å². The molecule has 98 valence electrons. The van der Waals surface area contributed by atoms with Gasteiger partial charge in [0.25, 0.3) is 0 Å². The highest BCUT2D eigenvalue weighted by Crippen LogP contribution is 2.12. The minimum Gasteiger partial charge on any atom is -0.368 e. The number of hydrogen-bond acceptors (Lipinski definition) is 4. The Hall–Kier alpha value is -1.62. The minimum absolute atomic E-state index is 0.0239. The fraction of sp³-hybridized carbons (Fsp3) is 0.538. The van der Waals surface area contributed by atoms with Crippen LogP contribution in [0.5, 0.6) is 0 Å². The fourth-order valence-electron chi connectivity index (χ4n) is 1.87. The van der Waals surface area contributed by atoms with Crippen LogP contribution in [0.3, 0.4) is 0 Å². The summed E-state index contributed by atoms with van der Waals surface area (Å²) in [5.74, 6) is 0.883. The molecule has 0 aromatic carbocycles. The molecule has 5 nitrogen and oxygen atoms in total. The van der Waals surface area contributed by atoms with Gasteiger partial charge >= 0.3 is 0 Å². The van der Waals surface area contributed by atoms with Crippen molar-refractivity contribution in [3.8, 4) is 0 Å². The monoisotopic (exact) mass is 249 g/mol. The number of aromatic nitrogens is 1. The second-order valence-corrected chi connectivity index (χ2v) is 4.64. The number of anilines is 1. The number of pyridine rings is 1. The third-order valence-corrected chi connectivity index (χ3v) is 2.96. The molecule has 2 rings (SSSR count). The summed E-state index contributed by atoms with van der Waals surface area (Å²) in [5, 5.41) is 2.87. The number of hydrogen-bond donors (Lipinski definition) is 1. The molecule has 1 N–H and O–H groups in total. The van der Waals surface area contributed by atoms with Crippen molar-refractivity contribution in [2.45, 2.75) is 25.5 Å². The van der Waals surface area contributed by atoms with E-state index in [9.17, 15) is 4.79 Å². The van der Waals surface area contributed by atoms with Gasteiger partial charge in [0, 0.05) is 33.4 Å². The van der Waals surface area contributed by atoms with Crippen LogP contribution < -0.4 is 10.2 Å². The number of rotatable bonds is 4. The van der Waals surface area contributed by atoms with Gasteiger partial charge in [-0.05, 0) is 24.5 Å². The first-order chi connectivity index (χ1) is 8.66. The summed E-state index contributed by atoms with van der Waals surface area (Å²) in [4.78, 5) is 18.0. The molecule has 1 atom stereocenters. The lowest BCUT2D eigenvalue weighted by molar-refractivity contribution is -0.130. The van der Waals surface area contributed by atoms with Gasteiger partial charge in [0.2, 0.25) is 5.91 Å². The quantitative estimate of drug-likeness (QED) is 0.863. The van der Waals surface area contributed by atoms with Crippen molar-refractivity contribution in [3.05, 3.63) is 23.9 Å². The minimum atomic E-state index is -0.265. The second kappa shape index (κ2) is 5.82. The van der Waals surface area contributed by atoms with E-state index < -0.39 is 0 Å². The van der Waals surface area contributed by atoms with Crippen molar-refractivity contribution >= 4 is 11.7 Å². The summed E-state index contributed by atoms with van der Waals surface area (Å²) < 4.78 is 5.32. The average Bonchev–Trinajstić information content (AvgIpc) is 2.90. The lowest BCUT2D eigenvalue weighted by atomic mass is 10.2. The molecule has 0 saturated carbocycles. The van der Waals surface area contributed by atoms with Crippen LogP contribution in [-0.4, -0.2) is 37.7 Å². The van der Waals surface area contributed by atoms with Crippen LogP contribution in [0.4, 0.5) is 5.82 Å². The Kier molecular flexibility index (Phi) is 4.15. The summed E-state index contributed by atoms with van der Waals surface area (Å²) in [6.07, 6.45) is 3.31. The van der Waals surface area contributed by atoms with Gasteiger partial charge in [-0.1, -0.05) is 6.07 Å². The molecule has 18 heavy (non-hydrogen) atoms. The zero-order chi connectivity index (χ0) is 13.0. The van der Waals surface area contributed by atoms with E-state index in [1.807, 2.05) is 31.1 Å². The Balaban J connectivity index is 1.84. The predicted molar refractivity (Wildman–Crippen MR) is 69.4 cm³/mol. The number of ether oxygens (including phenoxy) is 1. The molecule has 0 radical (unpaired) electrons. The smallest absolute Gasteiger partial charge is 0.249 e. The van der Waals surface area contributed by atoms with Crippen molar-refractivity contribution in [3.63, 3.8) is 0 Å². The molecule has 2 heterocycles. The molecular formula is C13H19N3O2. The van der Waals surface area contributed by atoms with Gasteiger partial charge in [-0.3, -0.25) is 4.79 Å². The normalized spacial score (nSPS) is 18.7. The standard InChI is InChI=1S/C13H19N3O2/c1-16(2)12-6-5-10(8-14-12)9-15-13(17)11-4-3-7-18-11/h5-6,8,11H,3-4,7,9H2,1-2H3,(H,15,17). The molecule has 1 unspecified atom stereocenters. The maximum absolute atomic E-state index is 11.7. The van der Waals surface area contributed by atoms with Crippen LogP contribution in [0, 0.1) is 0 Å². The van der Waals surface area contributed by atoms with Gasteiger partial charge < -0.3 is 15.0 Å². The molecule has 1 aromatic rings. The van der Waals surface area contributed by atoms with Gasteiger partial charge in [-0.15, -0.1) is 0 Å². The van der Waals surface area contributed by atoms with Crippen LogP contribution in [-0.2, 0) is 16.1 Å². The highest BCUT2D eigenvalue weighted by molar-refractivity contribution is 5.80. The number of nitrogens with one attached hydrogen (secondary N) is 1. The number of carbonyl (C=O) groups excluding carboxylic acids is 1. The third-order valence-electron chi connectivity index (χ3n) is 2.96. The lowest BCUT2D eigenvalue weighted by Crippen LogP contribution is -2.33. The molecule has 1 saturated heterocycles. The maximum atomic E-state index is 11.7. The number of carbonyl (C=O) groups is 1. The first-order valence-corrected chi connectivity index (χ1v) is 6.18. The van der Waals surface area contributed by atoms with E-state index in [2.05, 4.69) is 10.3 Å². The van der Waals surface area contributed by atoms with Gasteiger partial charge in [0.05, 0.1) is 0 Å². The highest BCUT2D eigenvalue weighted by Gasteiger charge is 2.22. The topological polar surface area (TPSA) is 54.5 Å². The van der Waals surface area contributed by atoms with Crippen molar-refractivity contribution in [1.82, 2.24) is 10.3 Å². The predicted octanol–water partition coefficient (Wildman–Crippen LogP) is 0.943. The fourth-order valence-corrected chi connectivity index (χ4v) is 1.87. The van der Waals surface area contributed by atoms with Gasteiger partial charge in [-0.25, -0.2) is 4.98 Å². The number of amides is 1. The van der Waals surface area contributed by atoms with E-state index >= 15 is 0 Å². The molecule has 1 amide bonds. The zero-order valence-electron chi connectivity index (χ0n) is 10.8. The molecule has 0 bridgehead atoms. The van der Waals surface area contributed by atoms with E-state index in [-0.39, 0.29) is 12.0 Å². The molecule has 1 aromatic heterocycles. The van der Waals surface area contributed by atoms with Crippen molar-refractivity contribution in [1.29, 1.82) is 0 Å². The zero-order valence-corrected chi connectivity index (χ0v) is 10.8. The Labute approximate surface area is 107 Å². The summed E-state index contributed by atoms with van der Waals surface area (Å²) in [5.41, 5.74) is 0.993. The van der Waals surface area contributed by atoms with E-state index in [4.69, 9.17) is 4.74 Å². The van der Waals surface area contributed by atoms with Crippen LogP contribution in [0.25, 0.3) is 0 Å². The van der Waals surface area contributed by atoms with Crippen LogP contribution in [0.2, 0.25) is 0 Å². The van der Waals surface area contributed by atoms with Crippen molar-refractivity contribution < 1.29 is 9.53 Å². The van der Waals surface area contributed by atoms with Crippen LogP contribution in [0.15, 0.2) is 18.3 Å². The lowest BCUT2D eigenvalue weighted by Gasteiger charge is -2.12. The van der Waals surface area contributed by atoms with Crippen LogP contribution >= 0.6 is 0 Å². The Morgan fingerprint density at radius 2 is 2.39 bits per heavy atom. The van der Waals surface area contributed by atoms with Gasteiger partial charge in [0.1, 0.15) is 11.9 Å². The van der Waals surface area contributed by atoms with Gasteiger partial charge in [0.15, 0.2) is 0 Å². The first kappa shape index (κ1) is 12.8. The molecular weight excluding hydrogens is 230 g/mol. The molecule has 0 spiro atoms.